The number of halogens is 1. The van der Waals surface area contributed by atoms with Crippen molar-refractivity contribution in [3.8, 4) is 0 Å². The quantitative estimate of drug-likeness (QED) is 0.844. The van der Waals surface area contributed by atoms with E-state index in [1.54, 1.807) is 0 Å². The summed E-state index contributed by atoms with van der Waals surface area (Å²) in [5, 5.41) is 4.18. The molecule has 0 aromatic carbocycles. The minimum absolute atomic E-state index is 0.509. The van der Waals surface area contributed by atoms with E-state index in [-0.39, 0.29) is 0 Å². The van der Waals surface area contributed by atoms with Crippen LogP contribution in [-0.2, 0) is 6.54 Å². The van der Waals surface area contributed by atoms with Crippen molar-refractivity contribution in [3.63, 3.8) is 0 Å². The topological polar surface area (TPSA) is 28.2 Å². The van der Waals surface area contributed by atoms with Crippen molar-refractivity contribution in [3.05, 3.63) is 29.0 Å². The second kappa shape index (κ2) is 5.78. The van der Waals surface area contributed by atoms with Gasteiger partial charge in [-0.05, 0) is 56.3 Å². The molecule has 1 unspecified atom stereocenters. The Hall–Kier alpha value is -0.640. The van der Waals surface area contributed by atoms with Crippen LogP contribution in [0.5, 0.6) is 0 Å². The monoisotopic (exact) mass is 279 g/mol. The lowest BCUT2D eigenvalue weighted by atomic mass is 9.74. The molecular weight excluding hydrogens is 258 g/mol. The molecule has 1 aromatic rings. The molecule has 2 saturated heterocycles. The average Bonchev–Trinajstić information content (AvgIpc) is 2.40. The zero-order valence-electron chi connectivity index (χ0n) is 11.4. The zero-order valence-corrected chi connectivity index (χ0v) is 12.1. The number of nitrogens with zero attached hydrogens (tertiary/aromatic N) is 2. The number of nitrogens with one attached hydrogen (secondary N) is 1. The molecule has 2 aliphatic heterocycles. The summed E-state index contributed by atoms with van der Waals surface area (Å²) < 4.78 is 0. The predicted molar refractivity (Wildman–Crippen MR) is 78.3 cm³/mol. The number of aromatic nitrogens is 1. The summed E-state index contributed by atoms with van der Waals surface area (Å²) in [5.74, 6) is 0. The Labute approximate surface area is 120 Å². The molecule has 3 rings (SSSR count). The lowest BCUT2D eigenvalue weighted by Crippen LogP contribution is -2.50. The first kappa shape index (κ1) is 13.3. The molecule has 2 fully saturated rings. The number of pyridine rings is 1. The van der Waals surface area contributed by atoms with E-state index in [0.717, 1.165) is 12.2 Å². The van der Waals surface area contributed by atoms with Crippen molar-refractivity contribution in [2.75, 3.05) is 26.2 Å². The second-order valence-electron chi connectivity index (χ2n) is 6.05. The molecule has 19 heavy (non-hydrogen) atoms. The van der Waals surface area contributed by atoms with Gasteiger partial charge in [-0.25, -0.2) is 4.98 Å². The van der Waals surface area contributed by atoms with Gasteiger partial charge in [-0.1, -0.05) is 17.7 Å². The SMILES string of the molecule is Clc1cccc(CN2CCCC3(CCCNC3)C2)n1. The van der Waals surface area contributed by atoms with Crippen LogP contribution in [0, 0.1) is 5.41 Å². The highest BCUT2D eigenvalue weighted by molar-refractivity contribution is 6.29. The summed E-state index contributed by atoms with van der Waals surface area (Å²) in [6, 6.07) is 5.91. The molecule has 1 spiro atoms. The molecule has 3 nitrogen and oxygen atoms in total. The summed E-state index contributed by atoms with van der Waals surface area (Å²) in [6.45, 7) is 5.70. The maximum Gasteiger partial charge on any atom is 0.129 e. The highest BCUT2D eigenvalue weighted by Crippen LogP contribution is 2.36. The van der Waals surface area contributed by atoms with Gasteiger partial charge in [0, 0.05) is 19.6 Å². The molecular formula is C15H22ClN3. The number of piperidine rings is 2. The standard InChI is InChI=1S/C15H22ClN3/c16-14-5-1-4-13(18-14)10-19-9-3-7-15(12-19)6-2-8-17-11-15/h1,4-5,17H,2-3,6-12H2. The molecule has 104 valence electrons. The number of hydrogen-bond donors (Lipinski definition) is 1. The summed E-state index contributed by atoms with van der Waals surface area (Å²) in [7, 11) is 0. The van der Waals surface area contributed by atoms with Gasteiger partial charge in [0.15, 0.2) is 0 Å². The van der Waals surface area contributed by atoms with Gasteiger partial charge in [0.05, 0.1) is 5.69 Å². The van der Waals surface area contributed by atoms with Crippen molar-refractivity contribution in [2.45, 2.75) is 32.2 Å². The Morgan fingerprint density at radius 3 is 3.00 bits per heavy atom. The van der Waals surface area contributed by atoms with E-state index in [4.69, 9.17) is 11.6 Å². The van der Waals surface area contributed by atoms with E-state index in [1.807, 2.05) is 12.1 Å². The molecule has 3 heterocycles. The van der Waals surface area contributed by atoms with E-state index in [0.29, 0.717) is 10.6 Å². The molecule has 4 heteroatoms. The zero-order chi connectivity index (χ0) is 13.1. The van der Waals surface area contributed by atoms with Crippen LogP contribution in [0.25, 0.3) is 0 Å². The van der Waals surface area contributed by atoms with Crippen LogP contribution in [0.15, 0.2) is 18.2 Å². The fraction of sp³-hybridized carbons (Fsp3) is 0.667. The van der Waals surface area contributed by atoms with Crippen LogP contribution < -0.4 is 5.32 Å². The van der Waals surface area contributed by atoms with Crippen molar-refractivity contribution in [1.29, 1.82) is 0 Å². The molecule has 0 radical (unpaired) electrons. The molecule has 0 amide bonds. The lowest BCUT2D eigenvalue weighted by molar-refractivity contribution is 0.0593. The van der Waals surface area contributed by atoms with Gasteiger partial charge < -0.3 is 5.32 Å². The van der Waals surface area contributed by atoms with Crippen LogP contribution >= 0.6 is 11.6 Å². The highest BCUT2D eigenvalue weighted by atomic mass is 35.5. The summed E-state index contributed by atoms with van der Waals surface area (Å²) >= 11 is 5.97. The van der Waals surface area contributed by atoms with Gasteiger partial charge in [0.25, 0.3) is 0 Å². The first-order valence-electron chi connectivity index (χ1n) is 7.30. The fourth-order valence-corrected chi connectivity index (χ4v) is 3.77. The van der Waals surface area contributed by atoms with E-state index < -0.39 is 0 Å². The Morgan fingerprint density at radius 1 is 1.32 bits per heavy atom. The summed E-state index contributed by atoms with van der Waals surface area (Å²) in [6.07, 6.45) is 5.38. The van der Waals surface area contributed by atoms with Crippen molar-refractivity contribution in [2.24, 2.45) is 5.41 Å². The predicted octanol–water partition coefficient (Wildman–Crippen LogP) is 2.70. The van der Waals surface area contributed by atoms with Crippen molar-refractivity contribution in [1.82, 2.24) is 15.2 Å². The molecule has 1 N–H and O–H groups in total. The maximum absolute atomic E-state index is 5.97. The summed E-state index contributed by atoms with van der Waals surface area (Å²) in [4.78, 5) is 6.96. The third-order valence-corrected chi connectivity index (χ3v) is 4.67. The van der Waals surface area contributed by atoms with Crippen LogP contribution in [0.3, 0.4) is 0 Å². The molecule has 0 saturated carbocycles. The van der Waals surface area contributed by atoms with Gasteiger partial charge in [0.2, 0.25) is 0 Å². The van der Waals surface area contributed by atoms with Crippen LogP contribution in [0.4, 0.5) is 0 Å². The third kappa shape index (κ3) is 3.28. The largest absolute Gasteiger partial charge is 0.316 e. The first-order chi connectivity index (χ1) is 9.26. The maximum atomic E-state index is 5.97. The third-order valence-electron chi connectivity index (χ3n) is 4.46. The van der Waals surface area contributed by atoms with E-state index in [9.17, 15) is 0 Å². The minimum Gasteiger partial charge on any atom is -0.316 e. The fourth-order valence-electron chi connectivity index (χ4n) is 3.59. The number of likely N-dealkylation sites (tertiary alicyclic amines) is 1. The van der Waals surface area contributed by atoms with Crippen LogP contribution in [0.1, 0.15) is 31.4 Å². The molecule has 0 aliphatic carbocycles. The van der Waals surface area contributed by atoms with Gasteiger partial charge in [-0.3, -0.25) is 4.90 Å². The van der Waals surface area contributed by atoms with Crippen LogP contribution in [0.2, 0.25) is 5.15 Å². The van der Waals surface area contributed by atoms with E-state index in [2.05, 4.69) is 21.3 Å². The van der Waals surface area contributed by atoms with Gasteiger partial charge in [0.1, 0.15) is 5.15 Å². The second-order valence-corrected chi connectivity index (χ2v) is 6.43. The van der Waals surface area contributed by atoms with Crippen molar-refractivity contribution < 1.29 is 0 Å². The molecule has 1 aromatic heterocycles. The number of hydrogen-bond acceptors (Lipinski definition) is 3. The Morgan fingerprint density at radius 2 is 2.21 bits per heavy atom. The van der Waals surface area contributed by atoms with Crippen LogP contribution in [-0.4, -0.2) is 36.1 Å². The normalized spacial score (nSPS) is 28.7. The Bertz CT molecular complexity index is 424. The first-order valence-corrected chi connectivity index (χ1v) is 7.68. The molecule has 2 aliphatic rings. The Balaban J connectivity index is 1.65. The minimum atomic E-state index is 0.509. The average molecular weight is 280 g/mol. The van der Waals surface area contributed by atoms with Gasteiger partial charge in [-0.2, -0.15) is 0 Å². The highest BCUT2D eigenvalue weighted by Gasteiger charge is 2.36. The number of rotatable bonds is 2. The van der Waals surface area contributed by atoms with Crippen molar-refractivity contribution >= 4 is 11.6 Å². The van der Waals surface area contributed by atoms with E-state index >= 15 is 0 Å². The smallest absolute Gasteiger partial charge is 0.129 e. The summed E-state index contributed by atoms with van der Waals surface area (Å²) in [5.41, 5.74) is 1.60. The van der Waals surface area contributed by atoms with E-state index in [1.165, 1.54) is 51.9 Å². The molecule has 1 atom stereocenters. The Kier molecular flexibility index (Phi) is 4.06. The van der Waals surface area contributed by atoms with Gasteiger partial charge >= 0.3 is 0 Å². The molecule has 0 bridgehead atoms. The lowest BCUT2D eigenvalue weighted by Gasteiger charge is -2.45. The van der Waals surface area contributed by atoms with Gasteiger partial charge in [-0.15, -0.1) is 0 Å².